The first-order valence-electron chi connectivity index (χ1n) is 6.99. The smallest absolute Gasteiger partial charge is 0.241 e. The van der Waals surface area contributed by atoms with E-state index in [0.717, 1.165) is 31.6 Å². The van der Waals surface area contributed by atoms with Gasteiger partial charge in [-0.3, -0.25) is 9.69 Å². The lowest BCUT2D eigenvalue weighted by Gasteiger charge is -2.29. The molecule has 0 saturated carbocycles. The van der Waals surface area contributed by atoms with Crippen LogP contribution in [0.2, 0.25) is 0 Å². The quantitative estimate of drug-likeness (QED) is 0.814. The van der Waals surface area contributed by atoms with Crippen LogP contribution >= 0.6 is 0 Å². The number of hydrogen-bond donors (Lipinski definition) is 0. The number of fused-ring (bicyclic) bond motifs is 1. The lowest BCUT2D eigenvalue weighted by atomic mass is 10.1. The molecule has 1 aromatic carbocycles. The highest BCUT2D eigenvalue weighted by Crippen LogP contribution is 2.27. The zero-order valence-electron chi connectivity index (χ0n) is 11.0. The molecule has 2 aliphatic rings. The Bertz CT molecular complexity index is 477. The Morgan fingerprint density at radius 1 is 1.32 bits per heavy atom. The Morgan fingerprint density at radius 3 is 3.00 bits per heavy atom. The molecule has 3 nitrogen and oxygen atoms in total. The van der Waals surface area contributed by atoms with Crippen molar-refractivity contribution in [3.63, 3.8) is 0 Å². The van der Waals surface area contributed by atoms with Crippen LogP contribution in [-0.4, -0.2) is 43.2 Å². The van der Waals surface area contributed by atoms with Crippen molar-refractivity contribution in [1.82, 2.24) is 4.90 Å². The average Bonchev–Trinajstić information content (AvgIpc) is 2.82. The van der Waals surface area contributed by atoms with E-state index in [-0.39, 0.29) is 5.91 Å². The van der Waals surface area contributed by atoms with Crippen LogP contribution in [0, 0.1) is 0 Å². The van der Waals surface area contributed by atoms with Crippen molar-refractivity contribution < 1.29 is 9.18 Å². The van der Waals surface area contributed by atoms with Gasteiger partial charge in [-0.05, 0) is 37.4 Å². The molecule has 1 fully saturated rings. The number of halogens is 1. The second-order valence-electron chi connectivity index (χ2n) is 5.40. The third-order valence-corrected chi connectivity index (χ3v) is 4.00. The van der Waals surface area contributed by atoms with Crippen molar-refractivity contribution in [3.05, 3.63) is 29.8 Å². The summed E-state index contributed by atoms with van der Waals surface area (Å²) in [6.07, 6.45) is 1.64. The molecular weight excluding hydrogens is 243 g/mol. The number of para-hydroxylation sites is 1. The van der Waals surface area contributed by atoms with Gasteiger partial charge in [-0.15, -0.1) is 0 Å². The Morgan fingerprint density at radius 2 is 2.16 bits per heavy atom. The first-order chi connectivity index (χ1) is 9.24. The summed E-state index contributed by atoms with van der Waals surface area (Å²) in [4.78, 5) is 16.1. The molecule has 4 heteroatoms. The standard InChI is InChI=1S/C15H19FN2O/c16-13-5-3-8-17(10-13)11-15(19)18-9-7-12-4-1-2-6-14(12)18/h1-2,4,6,13H,3,5,7-11H2. The number of carbonyl (C=O) groups excluding carboxylic acids is 1. The number of benzene rings is 1. The lowest BCUT2D eigenvalue weighted by molar-refractivity contribution is -0.120. The summed E-state index contributed by atoms with van der Waals surface area (Å²) in [7, 11) is 0. The maximum atomic E-state index is 13.3. The van der Waals surface area contributed by atoms with E-state index in [0.29, 0.717) is 19.5 Å². The molecule has 1 atom stereocenters. The van der Waals surface area contributed by atoms with Crippen LogP contribution in [0.15, 0.2) is 24.3 Å². The summed E-state index contributed by atoms with van der Waals surface area (Å²) in [6, 6.07) is 8.03. The van der Waals surface area contributed by atoms with Gasteiger partial charge in [0.05, 0.1) is 6.54 Å². The Kier molecular flexibility index (Phi) is 3.51. The van der Waals surface area contributed by atoms with Crippen LogP contribution in [0.4, 0.5) is 10.1 Å². The molecular formula is C15H19FN2O. The average molecular weight is 262 g/mol. The highest BCUT2D eigenvalue weighted by atomic mass is 19.1. The normalized spacial score (nSPS) is 23.4. The Hall–Kier alpha value is -1.42. The van der Waals surface area contributed by atoms with Gasteiger partial charge in [0.25, 0.3) is 0 Å². The van der Waals surface area contributed by atoms with Crippen molar-refractivity contribution >= 4 is 11.6 Å². The summed E-state index contributed by atoms with van der Waals surface area (Å²) >= 11 is 0. The van der Waals surface area contributed by atoms with Crippen LogP contribution < -0.4 is 4.90 Å². The Balaban J connectivity index is 1.65. The van der Waals surface area contributed by atoms with E-state index < -0.39 is 6.17 Å². The van der Waals surface area contributed by atoms with Gasteiger partial charge in [0.1, 0.15) is 6.17 Å². The van der Waals surface area contributed by atoms with E-state index in [4.69, 9.17) is 0 Å². The second-order valence-corrected chi connectivity index (χ2v) is 5.40. The molecule has 0 bridgehead atoms. The zero-order valence-corrected chi connectivity index (χ0v) is 11.0. The molecule has 19 heavy (non-hydrogen) atoms. The molecule has 2 heterocycles. The summed E-state index contributed by atoms with van der Waals surface area (Å²) in [6.45, 7) is 2.34. The fourth-order valence-electron chi connectivity index (χ4n) is 3.02. The van der Waals surface area contributed by atoms with E-state index in [1.807, 2.05) is 28.0 Å². The molecule has 0 aromatic heterocycles. The van der Waals surface area contributed by atoms with Gasteiger partial charge in [0.2, 0.25) is 5.91 Å². The van der Waals surface area contributed by atoms with Crippen LogP contribution in [0.1, 0.15) is 18.4 Å². The van der Waals surface area contributed by atoms with Crippen LogP contribution in [0.5, 0.6) is 0 Å². The maximum Gasteiger partial charge on any atom is 0.241 e. The minimum Gasteiger partial charge on any atom is -0.311 e. The van der Waals surface area contributed by atoms with Gasteiger partial charge in [0, 0.05) is 18.8 Å². The Labute approximate surface area is 113 Å². The third-order valence-electron chi connectivity index (χ3n) is 4.00. The van der Waals surface area contributed by atoms with Gasteiger partial charge in [-0.25, -0.2) is 4.39 Å². The van der Waals surface area contributed by atoms with Gasteiger partial charge in [-0.2, -0.15) is 0 Å². The van der Waals surface area contributed by atoms with Crippen molar-refractivity contribution in [3.8, 4) is 0 Å². The third kappa shape index (κ3) is 2.63. The van der Waals surface area contributed by atoms with Crippen molar-refractivity contribution in [2.45, 2.75) is 25.4 Å². The molecule has 3 rings (SSSR count). The molecule has 0 radical (unpaired) electrons. The summed E-state index contributed by atoms with van der Waals surface area (Å²) in [5, 5.41) is 0. The number of piperidine rings is 1. The van der Waals surface area contributed by atoms with E-state index in [2.05, 4.69) is 6.07 Å². The maximum absolute atomic E-state index is 13.3. The highest BCUT2D eigenvalue weighted by Gasteiger charge is 2.27. The van der Waals surface area contributed by atoms with Gasteiger partial charge in [-0.1, -0.05) is 18.2 Å². The number of anilines is 1. The van der Waals surface area contributed by atoms with E-state index in [9.17, 15) is 9.18 Å². The molecule has 1 saturated heterocycles. The summed E-state index contributed by atoms with van der Waals surface area (Å²) < 4.78 is 13.3. The number of amides is 1. The molecule has 102 valence electrons. The van der Waals surface area contributed by atoms with Crippen LogP contribution in [0.3, 0.4) is 0 Å². The monoisotopic (exact) mass is 262 g/mol. The molecule has 1 aromatic rings. The van der Waals surface area contributed by atoms with E-state index >= 15 is 0 Å². The second kappa shape index (κ2) is 5.29. The number of nitrogens with zero attached hydrogens (tertiary/aromatic N) is 2. The number of likely N-dealkylation sites (tertiary alicyclic amines) is 1. The number of alkyl halides is 1. The number of carbonyl (C=O) groups is 1. The molecule has 0 N–H and O–H groups in total. The fraction of sp³-hybridized carbons (Fsp3) is 0.533. The first-order valence-corrected chi connectivity index (χ1v) is 6.99. The first kappa shape index (κ1) is 12.6. The van der Waals surface area contributed by atoms with Crippen molar-refractivity contribution in [1.29, 1.82) is 0 Å². The van der Waals surface area contributed by atoms with Crippen LogP contribution in [-0.2, 0) is 11.2 Å². The van der Waals surface area contributed by atoms with Gasteiger partial charge >= 0.3 is 0 Å². The lowest BCUT2D eigenvalue weighted by Crippen LogP contribution is -2.44. The zero-order chi connectivity index (χ0) is 13.2. The minimum absolute atomic E-state index is 0.0963. The predicted octanol–water partition coefficient (Wildman–Crippen LogP) is 2.01. The van der Waals surface area contributed by atoms with Gasteiger partial charge in [0.15, 0.2) is 0 Å². The molecule has 0 aliphatic carbocycles. The summed E-state index contributed by atoms with van der Waals surface area (Å²) in [5.41, 5.74) is 2.26. The van der Waals surface area contributed by atoms with E-state index in [1.165, 1.54) is 5.56 Å². The fourth-order valence-corrected chi connectivity index (χ4v) is 3.02. The molecule has 1 unspecified atom stereocenters. The van der Waals surface area contributed by atoms with Crippen molar-refractivity contribution in [2.75, 3.05) is 31.1 Å². The molecule has 2 aliphatic heterocycles. The SMILES string of the molecule is O=C(CN1CCCC(F)C1)N1CCc2ccccc21. The predicted molar refractivity (Wildman–Crippen MR) is 73.1 cm³/mol. The minimum atomic E-state index is -0.771. The number of rotatable bonds is 2. The molecule has 1 amide bonds. The number of hydrogen-bond acceptors (Lipinski definition) is 2. The topological polar surface area (TPSA) is 23.6 Å². The largest absolute Gasteiger partial charge is 0.311 e. The molecule has 0 spiro atoms. The van der Waals surface area contributed by atoms with E-state index in [1.54, 1.807) is 0 Å². The highest BCUT2D eigenvalue weighted by molar-refractivity contribution is 5.96. The summed E-state index contributed by atoms with van der Waals surface area (Å²) in [5.74, 6) is 0.0963. The van der Waals surface area contributed by atoms with Crippen molar-refractivity contribution in [2.24, 2.45) is 0 Å². The van der Waals surface area contributed by atoms with Gasteiger partial charge < -0.3 is 4.90 Å². The van der Waals surface area contributed by atoms with Crippen LogP contribution in [0.25, 0.3) is 0 Å².